The summed E-state index contributed by atoms with van der Waals surface area (Å²) >= 11 is 0. The molecule has 0 bridgehead atoms. The van der Waals surface area contributed by atoms with Crippen LogP contribution in [0.15, 0.2) is 0 Å². The molecule has 1 atom stereocenters. The van der Waals surface area contributed by atoms with Gasteiger partial charge in [0.2, 0.25) is 5.91 Å². The fourth-order valence-electron chi connectivity index (χ4n) is 1.23. The number of carbonyl (C=O) groups excluding carboxylic acids is 2. The van der Waals surface area contributed by atoms with Gasteiger partial charge in [-0.25, -0.2) is 13.2 Å². The Hall–Kier alpha value is -1.31. The summed E-state index contributed by atoms with van der Waals surface area (Å²) in [6.07, 6.45) is -0.570. The Morgan fingerprint density at radius 3 is 2.11 bits per heavy atom. The third-order valence-electron chi connectivity index (χ3n) is 2.49. The highest BCUT2D eigenvalue weighted by Crippen LogP contribution is 2.08. The van der Waals surface area contributed by atoms with Crippen molar-refractivity contribution in [2.45, 2.75) is 38.2 Å². The van der Waals surface area contributed by atoms with Crippen molar-refractivity contribution in [2.75, 3.05) is 19.7 Å². The molecule has 1 unspecified atom stereocenters. The predicted molar refractivity (Wildman–Crippen MR) is 71.6 cm³/mol. The van der Waals surface area contributed by atoms with E-state index >= 15 is 0 Å². The normalized spacial score (nSPS) is 12.9. The number of ether oxygens (including phenoxy) is 1. The van der Waals surface area contributed by atoms with Crippen molar-refractivity contribution in [3.8, 4) is 0 Å². The first kappa shape index (κ1) is 17.7. The van der Waals surface area contributed by atoms with Gasteiger partial charge in [0.1, 0.15) is 5.25 Å². The summed E-state index contributed by atoms with van der Waals surface area (Å²) in [6.45, 7) is 6.68. The van der Waals surface area contributed by atoms with Crippen LogP contribution in [0.3, 0.4) is 0 Å². The van der Waals surface area contributed by atoms with Gasteiger partial charge in [-0.15, -0.1) is 0 Å². The predicted octanol–water partition coefficient (Wildman–Crippen LogP) is 0.0604. The lowest BCUT2D eigenvalue weighted by molar-refractivity contribution is -0.120. The lowest BCUT2D eigenvalue weighted by atomic mass is 10.4. The van der Waals surface area contributed by atoms with E-state index in [4.69, 9.17) is 0 Å². The molecule has 7 nitrogen and oxygen atoms in total. The largest absolute Gasteiger partial charge is 0.450 e. The van der Waals surface area contributed by atoms with Gasteiger partial charge in [-0.2, -0.15) is 0 Å². The molecular formula is C11H22N2O5S. The van der Waals surface area contributed by atoms with Crippen LogP contribution in [0.2, 0.25) is 0 Å². The number of nitrogens with one attached hydrogen (secondary N) is 2. The fraction of sp³-hybridized carbons (Fsp3) is 0.818. The van der Waals surface area contributed by atoms with E-state index < -0.39 is 32.3 Å². The molecule has 2 N–H and O–H groups in total. The molecule has 112 valence electrons. The second kappa shape index (κ2) is 7.98. The quantitative estimate of drug-likeness (QED) is 0.647. The fourth-order valence-corrected chi connectivity index (χ4v) is 2.43. The van der Waals surface area contributed by atoms with Crippen molar-refractivity contribution in [2.24, 2.45) is 0 Å². The number of amides is 2. The molecule has 0 aliphatic heterocycles. The van der Waals surface area contributed by atoms with Gasteiger partial charge < -0.3 is 15.4 Å². The van der Waals surface area contributed by atoms with Crippen molar-refractivity contribution in [3.05, 3.63) is 0 Å². The van der Waals surface area contributed by atoms with Crippen LogP contribution in [0.25, 0.3) is 0 Å². The average molecular weight is 294 g/mol. The molecule has 0 spiro atoms. The molecule has 0 rings (SSSR count). The third-order valence-corrected chi connectivity index (χ3v) is 5.00. The monoisotopic (exact) mass is 294 g/mol. The molecule has 0 saturated heterocycles. The highest BCUT2D eigenvalue weighted by atomic mass is 32.2. The van der Waals surface area contributed by atoms with Gasteiger partial charge in [-0.05, 0) is 27.7 Å². The molecule has 0 saturated carbocycles. The highest BCUT2D eigenvalue weighted by molar-refractivity contribution is 7.93. The SMILES string of the molecule is CCOC(=O)NCCNC(=O)C(C)S(=O)(=O)C(C)C. The lowest BCUT2D eigenvalue weighted by Crippen LogP contribution is -2.43. The van der Waals surface area contributed by atoms with Gasteiger partial charge in [-0.3, -0.25) is 4.79 Å². The summed E-state index contributed by atoms with van der Waals surface area (Å²) in [5, 5.41) is 3.16. The Kier molecular flexibility index (Phi) is 7.43. The van der Waals surface area contributed by atoms with Crippen LogP contribution >= 0.6 is 0 Å². The molecule has 0 fully saturated rings. The maximum absolute atomic E-state index is 11.7. The smallest absolute Gasteiger partial charge is 0.407 e. The van der Waals surface area contributed by atoms with Crippen molar-refractivity contribution in [1.82, 2.24) is 10.6 Å². The average Bonchev–Trinajstić information content (AvgIpc) is 2.33. The number of sulfone groups is 1. The van der Waals surface area contributed by atoms with Gasteiger partial charge in [0, 0.05) is 13.1 Å². The van der Waals surface area contributed by atoms with Crippen LogP contribution in [-0.4, -0.2) is 50.6 Å². The summed E-state index contributed by atoms with van der Waals surface area (Å²) in [6, 6.07) is 0. The number of hydrogen-bond donors (Lipinski definition) is 2. The summed E-state index contributed by atoms with van der Waals surface area (Å²) in [5.41, 5.74) is 0. The van der Waals surface area contributed by atoms with E-state index in [0.717, 1.165) is 0 Å². The zero-order valence-corrected chi connectivity index (χ0v) is 12.5. The molecule has 8 heteroatoms. The first-order valence-electron chi connectivity index (χ1n) is 6.14. The zero-order chi connectivity index (χ0) is 15.1. The zero-order valence-electron chi connectivity index (χ0n) is 11.7. The topological polar surface area (TPSA) is 102 Å². The van der Waals surface area contributed by atoms with Gasteiger partial charge in [0.15, 0.2) is 9.84 Å². The molecule has 2 amide bonds. The first-order chi connectivity index (χ1) is 8.73. The molecule has 0 radical (unpaired) electrons. The minimum absolute atomic E-state index is 0.148. The lowest BCUT2D eigenvalue weighted by Gasteiger charge is -2.15. The minimum Gasteiger partial charge on any atom is -0.450 e. The molecule has 0 aromatic carbocycles. The molecule has 0 aromatic heterocycles. The highest BCUT2D eigenvalue weighted by Gasteiger charge is 2.30. The number of alkyl carbamates (subject to hydrolysis) is 1. The molecule has 0 heterocycles. The molecule has 0 aliphatic rings. The van der Waals surface area contributed by atoms with Crippen molar-refractivity contribution < 1.29 is 22.7 Å². The standard InChI is InChI=1S/C11H22N2O5S/c1-5-18-11(15)13-7-6-12-10(14)9(4)19(16,17)8(2)3/h8-9H,5-7H2,1-4H3,(H,12,14)(H,13,15). The minimum atomic E-state index is -3.46. The maximum Gasteiger partial charge on any atom is 0.407 e. The van der Waals surface area contributed by atoms with Crippen LogP contribution in [-0.2, 0) is 19.4 Å². The number of hydrogen-bond acceptors (Lipinski definition) is 5. The van der Waals surface area contributed by atoms with E-state index in [0.29, 0.717) is 0 Å². The van der Waals surface area contributed by atoms with Gasteiger partial charge in [0.25, 0.3) is 0 Å². The molecule has 0 aromatic rings. The maximum atomic E-state index is 11.7. The van der Waals surface area contributed by atoms with Crippen LogP contribution < -0.4 is 10.6 Å². The van der Waals surface area contributed by atoms with Gasteiger partial charge >= 0.3 is 6.09 Å². The van der Waals surface area contributed by atoms with E-state index in [1.165, 1.54) is 20.8 Å². The van der Waals surface area contributed by atoms with E-state index in [2.05, 4.69) is 15.4 Å². The van der Waals surface area contributed by atoms with E-state index in [9.17, 15) is 18.0 Å². The van der Waals surface area contributed by atoms with Crippen LogP contribution in [0, 0.1) is 0 Å². The van der Waals surface area contributed by atoms with Crippen LogP contribution in [0.5, 0.6) is 0 Å². The molecule has 0 aliphatic carbocycles. The van der Waals surface area contributed by atoms with Crippen molar-refractivity contribution in [1.29, 1.82) is 0 Å². The van der Waals surface area contributed by atoms with Crippen LogP contribution in [0.4, 0.5) is 4.79 Å². The Morgan fingerprint density at radius 1 is 1.11 bits per heavy atom. The Labute approximate surface area is 114 Å². The van der Waals surface area contributed by atoms with Gasteiger partial charge in [0.05, 0.1) is 11.9 Å². The van der Waals surface area contributed by atoms with Crippen molar-refractivity contribution in [3.63, 3.8) is 0 Å². The second-order valence-electron chi connectivity index (χ2n) is 4.22. The number of rotatable bonds is 7. The number of carbonyl (C=O) groups is 2. The van der Waals surface area contributed by atoms with E-state index in [1.54, 1.807) is 6.92 Å². The van der Waals surface area contributed by atoms with Crippen molar-refractivity contribution >= 4 is 21.8 Å². The van der Waals surface area contributed by atoms with Gasteiger partial charge in [-0.1, -0.05) is 0 Å². The Balaban J connectivity index is 4.10. The first-order valence-corrected chi connectivity index (χ1v) is 7.75. The molecular weight excluding hydrogens is 272 g/mol. The second-order valence-corrected chi connectivity index (χ2v) is 7.05. The van der Waals surface area contributed by atoms with Crippen LogP contribution in [0.1, 0.15) is 27.7 Å². The third kappa shape index (κ3) is 5.91. The Bertz CT molecular complexity index is 405. The molecule has 19 heavy (non-hydrogen) atoms. The summed E-state index contributed by atoms with van der Waals surface area (Å²) in [5.74, 6) is -0.570. The van der Waals surface area contributed by atoms with E-state index in [1.807, 2.05) is 0 Å². The Morgan fingerprint density at radius 2 is 1.63 bits per heavy atom. The summed E-state index contributed by atoms with van der Waals surface area (Å²) in [4.78, 5) is 22.6. The summed E-state index contributed by atoms with van der Waals surface area (Å²) < 4.78 is 28.1. The summed E-state index contributed by atoms with van der Waals surface area (Å²) in [7, 11) is -3.46. The van der Waals surface area contributed by atoms with E-state index in [-0.39, 0.29) is 19.7 Å².